The van der Waals surface area contributed by atoms with Crippen LogP contribution in [0.15, 0.2) is 82.0 Å². The topological polar surface area (TPSA) is 56.5 Å². The van der Waals surface area contributed by atoms with E-state index >= 15 is 0 Å². The van der Waals surface area contributed by atoms with E-state index in [2.05, 4.69) is 20.8 Å². The van der Waals surface area contributed by atoms with E-state index in [1.54, 1.807) is 42.5 Å². The molecule has 4 nitrogen and oxygen atoms in total. The van der Waals surface area contributed by atoms with Crippen LogP contribution in [0.1, 0.15) is 37.5 Å². The normalized spacial score (nSPS) is 11.8. The van der Waals surface area contributed by atoms with E-state index in [4.69, 9.17) is 20.8 Å². The molecule has 34 heavy (non-hydrogen) atoms. The van der Waals surface area contributed by atoms with E-state index in [1.807, 2.05) is 37.3 Å². The van der Waals surface area contributed by atoms with Crippen molar-refractivity contribution in [3.05, 3.63) is 105 Å². The minimum Gasteiger partial charge on any atom is -0.452 e. The third-order valence-electron chi connectivity index (χ3n) is 5.50. The van der Waals surface area contributed by atoms with Crippen LogP contribution in [0.2, 0.25) is 5.02 Å². The summed E-state index contributed by atoms with van der Waals surface area (Å²) in [7, 11) is 0. The summed E-state index contributed by atoms with van der Waals surface area (Å²) >= 11 is 6.02. The predicted octanol–water partition coefficient (Wildman–Crippen LogP) is 7.34. The van der Waals surface area contributed by atoms with Crippen LogP contribution in [0.25, 0.3) is 28.4 Å². The maximum Gasteiger partial charge on any atom is 0.336 e. The summed E-state index contributed by atoms with van der Waals surface area (Å²) in [5, 5.41) is 0.884. The number of hydrogen-bond donors (Lipinski definition) is 0. The van der Waals surface area contributed by atoms with Crippen molar-refractivity contribution in [1.82, 2.24) is 0 Å². The fraction of sp³-hybridized carbons (Fsp3) is 0.172. The van der Waals surface area contributed by atoms with Crippen LogP contribution in [0.4, 0.5) is 0 Å². The minimum absolute atomic E-state index is 0.0435. The van der Waals surface area contributed by atoms with Gasteiger partial charge in [-0.25, -0.2) is 4.79 Å². The van der Waals surface area contributed by atoms with Crippen LogP contribution >= 0.6 is 11.6 Å². The molecule has 0 aliphatic rings. The lowest BCUT2D eigenvalue weighted by Gasteiger charge is -2.18. The number of ether oxygens (including phenoxy) is 1. The second-order valence-corrected chi connectivity index (χ2v) is 9.66. The van der Waals surface area contributed by atoms with Crippen molar-refractivity contribution in [2.75, 3.05) is 0 Å². The minimum atomic E-state index is -0.672. The zero-order valence-electron chi connectivity index (χ0n) is 19.5. The van der Waals surface area contributed by atoms with Crippen molar-refractivity contribution in [3.63, 3.8) is 0 Å². The summed E-state index contributed by atoms with van der Waals surface area (Å²) in [5.41, 5.74) is 3.62. The van der Waals surface area contributed by atoms with Gasteiger partial charge < -0.3 is 9.15 Å². The standard InChI is InChI=1S/C29H25ClO4/c1-18-5-15-23-24(17-18)33-27(20-9-13-22(30)14-10-20)28(26(23)32)34-25(31)16-8-19-6-11-21(12-7-19)29(2,3)4/h5-17H,1-4H3/b16-8+. The highest BCUT2D eigenvalue weighted by molar-refractivity contribution is 6.30. The molecule has 0 aliphatic carbocycles. The van der Waals surface area contributed by atoms with Gasteiger partial charge in [0.2, 0.25) is 11.2 Å². The molecule has 0 fully saturated rings. The lowest BCUT2D eigenvalue weighted by Crippen LogP contribution is -2.14. The maximum atomic E-state index is 13.3. The first-order valence-electron chi connectivity index (χ1n) is 11.0. The van der Waals surface area contributed by atoms with Gasteiger partial charge in [0.25, 0.3) is 0 Å². The number of carbonyl (C=O) groups excluding carboxylic acids is 1. The molecule has 0 unspecified atom stereocenters. The molecule has 0 spiro atoms. The van der Waals surface area contributed by atoms with Gasteiger partial charge in [0.1, 0.15) is 5.58 Å². The van der Waals surface area contributed by atoms with Crippen LogP contribution in [0, 0.1) is 6.92 Å². The highest BCUT2D eigenvalue weighted by Gasteiger charge is 2.20. The lowest BCUT2D eigenvalue weighted by atomic mass is 9.87. The molecule has 172 valence electrons. The largest absolute Gasteiger partial charge is 0.452 e. The Hall–Kier alpha value is -3.63. The lowest BCUT2D eigenvalue weighted by molar-refractivity contribution is -0.129. The Morgan fingerprint density at radius 2 is 1.65 bits per heavy atom. The molecule has 0 saturated heterocycles. The number of hydrogen-bond acceptors (Lipinski definition) is 4. The first kappa shape index (κ1) is 23.5. The summed E-state index contributed by atoms with van der Waals surface area (Å²) in [4.78, 5) is 25.9. The number of benzene rings is 3. The van der Waals surface area contributed by atoms with Crippen molar-refractivity contribution in [1.29, 1.82) is 0 Å². The fourth-order valence-corrected chi connectivity index (χ4v) is 3.69. The van der Waals surface area contributed by atoms with Gasteiger partial charge in [-0.15, -0.1) is 0 Å². The van der Waals surface area contributed by atoms with Crippen molar-refractivity contribution in [3.8, 4) is 17.1 Å². The van der Waals surface area contributed by atoms with Gasteiger partial charge in [-0.3, -0.25) is 4.79 Å². The molecule has 0 atom stereocenters. The number of fused-ring (bicyclic) bond motifs is 1. The molecule has 0 bridgehead atoms. The van der Waals surface area contributed by atoms with Gasteiger partial charge in [0, 0.05) is 16.7 Å². The van der Waals surface area contributed by atoms with E-state index in [1.165, 1.54) is 11.6 Å². The molecule has 4 aromatic rings. The molecule has 1 aromatic heterocycles. The zero-order valence-corrected chi connectivity index (χ0v) is 20.3. The third kappa shape index (κ3) is 5.13. The molecule has 0 saturated carbocycles. The molecule has 4 rings (SSSR count). The monoisotopic (exact) mass is 472 g/mol. The van der Waals surface area contributed by atoms with Gasteiger partial charge in [0.15, 0.2) is 5.76 Å². The molecule has 0 N–H and O–H groups in total. The van der Waals surface area contributed by atoms with Crippen LogP contribution in [0.3, 0.4) is 0 Å². The van der Waals surface area contributed by atoms with Crippen molar-refractivity contribution in [2.45, 2.75) is 33.1 Å². The Kier molecular flexibility index (Phi) is 6.45. The Balaban J connectivity index is 1.69. The van der Waals surface area contributed by atoms with E-state index in [-0.39, 0.29) is 16.9 Å². The number of aryl methyl sites for hydroxylation is 1. The quantitative estimate of drug-likeness (QED) is 0.230. The Morgan fingerprint density at radius 3 is 2.29 bits per heavy atom. The molecule has 3 aromatic carbocycles. The number of carbonyl (C=O) groups is 1. The van der Waals surface area contributed by atoms with Gasteiger partial charge in [-0.1, -0.05) is 62.7 Å². The SMILES string of the molecule is Cc1ccc2c(=O)c(OC(=O)/C=C/c3ccc(C(C)(C)C)cc3)c(-c3ccc(Cl)cc3)oc2c1. The van der Waals surface area contributed by atoms with Crippen LogP contribution in [-0.4, -0.2) is 5.97 Å². The first-order chi connectivity index (χ1) is 16.1. The highest BCUT2D eigenvalue weighted by Crippen LogP contribution is 2.32. The summed E-state index contributed by atoms with van der Waals surface area (Å²) in [6.45, 7) is 8.34. The Bertz CT molecular complexity index is 1440. The summed E-state index contributed by atoms with van der Waals surface area (Å²) in [5.74, 6) is -0.652. The zero-order chi connectivity index (χ0) is 24.5. The Morgan fingerprint density at radius 1 is 0.971 bits per heavy atom. The van der Waals surface area contributed by atoms with Gasteiger partial charge in [-0.05, 0) is 71.5 Å². The van der Waals surface area contributed by atoms with Crippen molar-refractivity contribution < 1.29 is 13.9 Å². The smallest absolute Gasteiger partial charge is 0.336 e. The third-order valence-corrected chi connectivity index (χ3v) is 5.76. The van der Waals surface area contributed by atoms with Crippen LogP contribution in [-0.2, 0) is 10.2 Å². The van der Waals surface area contributed by atoms with E-state index in [0.717, 1.165) is 11.1 Å². The number of esters is 1. The van der Waals surface area contributed by atoms with Crippen LogP contribution < -0.4 is 10.2 Å². The predicted molar refractivity (Wildman–Crippen MR) is 137 cm³/mol. The van der Waals surface area contributed by atoms with E-state index in [0.29, 0.717) is 21.6 Å². The summed E-state index contributed by atoms with van der Waals surface area (Å²) < 4.78 is 11.6. The second-order valence-electron chi connectivity index (χ2n) is 9.22. The van der Waals surface area contributed by atoms with Crippen molar-refractivity contribution in [2.24, 2.45) is 0 Å². The van der Waals surface area contributed by atoms with E-state index in [9.17, 15) is 9.59 Å². The average molecular weight is 473 g/mol. The second kappa shape index (κ2) is 9.32. The average Bonchev–Trinajstić information content (AvgIpc) is 2.79. The molecule has 5 heteroatoms. The van der Waals surface area contributed by atoms with Gasteiger partial charge in [0.05, 0.1) is 5.39 Å². The molecular weight excluding hydrogens is 448 g/mol. The maximum absolute atomic E-state index is 13.3. The molecule has 0 radical (unpaired) electrons. The van der Waals surface area contributed by atoms with Gasteiger partial charge in [-0.2, -0.15) is 0 Å². The Labute approximate surface area is 203 Å². The van der Waals surface area contributed by atoms with Gasteiger partial charge >= 0.3 is 5.97 Å². The number of rotatable bonds is 4. The molecule has 1 heterocycles. The molecule has 0 aliphatic heterocycles. The summed E-state index contributed by atoms with van der Waals surface area (Å²) in [6.07, 6.45) is 2.96. The molecular formula is C29H25ClO4. The number of halogens is 1. The van der Waals surface area contributed by atoms with Crippen LogP contribution in [0.5, 0.6) is 5.75 Å². The highest BCUT2D eigenvalue weighted by atomic mass is 35.5. The summed E-state index contributed by atoms with van der Waals surface area (Å²) in [6, 6.07) is 20.0. The fourth-order valence-electron chi connectivity index (χ4n) is 3.56. The molecule has 0 amide bonds. The first-order valence-corrected chi connectivity index (χ1v) is 11.3. The van der Waals surface area contributed by atoms with E-state index < -0.39 is 11.4 Å². The van der Waals surface area contributed by atoms with Crippen molar-refractivity contribution >= 4 is 34.6 Å².